The van der Waals surface area contributed by atoms with Gasteiger partial charge in [-0.1, -0.05) is 19.1 Å². The summed E-state index contributed by atoms with van der Waals surface area (Å²) in [4.78, 5) is 33.4. The van der Waals surface area contributed by atoms with Gasteiger partial charge in [-0.2, -0.15) is 0 Å². The third kappa shape index (κ3) is 5.62. The van der Waals surface area contributed by atoms with Gasteiger partial charge in [-0.25, -0.2) is 4.98 Å². The van der Waals surface area contributed by atoms with Crippen molar-refractivity contribution in [2.75, 3.05) is 6.54 Å². The highest BCUT2D eigenvalue weighted by molar-refractivity contribution is 7.09. The van der Waals surface area contributed by atoms with E-state index in [-0.39, 0.29) is 11.7 Å². The lowest BCUT2D eigenvalue weighted by Crippen LogP contribution is -2.24. The van der Waals surface area contributed by atoms with E-state index < -0.39 is 0 Å². The van der Waals surface area contributed by atoms with Crippen LogP contribution in [0.5, 0.6) is 11.5 Å². The standard InChI is InChI=1S/C26H25N3O3S/c1-3-9-29-26(31)21-16-22-23(13-17(21)2)27-10-8-24(22)32-20-6-4-18(5-7-20)14-19(30)15-25-28-11-12-33-25/h4-8,10-13,16H,3,9,14-15H2,1-2H3,(H,29,31). The molecule has 0 atom stereocenters. The van der Waals surface area contributed by atoms with Gasteiger partial charge in [0.1, 0.15) is 17.3 Å². The van der Waals surface area contributed by atoms with E-state index in [4.69, 9.17) is 4.74 Å². The summed E-state index contributed by atoms with van der Waals surface area (Å²) in [6.07, 6.45) is 4.99. The van der Waals surface area contributed by atoms with E-state index in [1.807, 2.05) is 55.6 Å². The fraction of sp³-hybridized carbons (Fsp3) is 0.231. The number of thiazole rings is 1. The molecule has 7 heteroatoms. The van der Waals surface area contributed by atoms with E-state index in [1.54, 1.807) is 18.5 Å². The number of aryl methyl sites for hydroxylation is 1. The summed E-state index contributed by atoms with van der Waals surface area (Å²) in [5.74, 6) is 1.30. The molecule has 1 amide bonds. The molecule has 2 aromatic carbocycles. The molecule has 1 N–H and O–H groups in total. The smallest absolute Gasteiger partial charge is 0.251 e. The minimum absolute atomic E-state index is 0.0992. The third-order valence-corrected chi connectivity index (χ3v) is 5.99. The fourth-order valence-corrected chi connectivity index (χ4v) is 4.19. The van der Waals surface area contributed by atoms with E-state index in [9.17, 15) is 9.59 Å². The minimum atomic E-state index is -0.0992. The summed E-state index contributed by atoms with van der Waals surface area (Å²) in [7, 11) is 0. The number of amides is 1. The molecule has 2 heterocycles. The number of nitrogens with one attached hydrogen (secondary N) is 1. The molecule has 6 nitrogen and oxygen atoms in total. The molecule has 0 unspecified atom stereocenters. The quantitative estimate of drug-likeness (QED) is 0.368. The molecule has 0 radical (unpaired) electrons. The fourth-order valence-electron chi connectivity index (χ4n) is 3.54. The van der Waals surface area contributed by atoms with Gasteiger partial charge >= 0.3 is 0 Å². The average Bonchev–Trinajstić information content (AvgIpc) is 3.31. The van der Waals surface area contributed by atoms with E-state index in [0.717, 1.165) is 33.5 Å². The van der Waals surface area contributed by atoms with Crippen LogP contribution in [0.25, 0.3) is 10.9 Å². The normalized spacial score (nSPS) is 10.8. The number of carbonyl (C=O) groups excluding carboxylic acids is 2. The first-order chi connectivity index (χ1) is 16.0. The average molecular weight is 460 g/mol. The van der Waals surface area contributed by atoms with E-state index in [1.165, 1.54) is 11.3 Å². The molecular formula is C26H25N3O3S. The summed E-state index contributed by atoms with van der Waals surface area (Å²) >= 11 is 1.49. The van der Waals surface area contributed by atoms with Crippen molar-refractivity contribution in [1.29, 1.82) is 0 Å². The van der Waals surface area contributed by atoms with Gasteiger partial charge in [0.25, 0.3) is 5.91 Å². The van der Waals surface area contributed by atoms with Gasteiger partial charge in [-0.05, 0) is 54.8 Å². The van der Waals surface area contributed by atoms with Crippen LogP contribution in [0.3, 0.4) is 0 Å². The number of fused-ring (bicyclic) bond motifs is 1. The highest BCUT2D eigenvalue weighted by atomic mass is 32.1. The molecule has 0 aliphatic rings. The summed E-state index contributed by atoms with van der Waals surface area (Å²) in [5, 5.41) is 6.41. The van der Waals surface area contributed by atoms with Crippen LogP contribution >= 0.6 is 11.3 Å². The van der Waals surface area contributed by atoms with E-state index >= 15 is 0 Å². The Morgan fingerprint density at radius 2 is 1.85 bits per heavy atom. The lowest BCUT2D eigenvalue weighted by molar-refractivity contribution is -0.117. The first-order valence-electron chi connectivity index (χ1n) is 10.9. The first-order valence-corrected chi connectivity index (χ1v) is 11.8. The Labute approximate surface area is 196 Å². The van der Waals surface area contributed by atoms with E-state index in [2.05, 4.69) is 15.3 Å². The lowest BCUT2D eigenvalue weighted by Gasteiger charge is -2.12. The van der Waals surface area contributed by atoms with Gasteiger partial charge in [0.2, 0.25) is 0 Å². The topological polar surface area (TPSA) is 81.2 Å². The molecule has 0 aliphatic carbocycles. The van der Waals surface area contributed by atoms with Crippen LogP contribution in [0.2, 0.25) is 0 Å². The number of aromatic nitrogens is 2. The molecule has 0 spiro atoms. The summed E-state index contributed by atoms with van der Waals surface area (Å²) in [6, 6.07) is 13.0. The predicted octanol–water partition coefficient (Wildman–Crippen LogP) is 5.29. The van der Waals surface area contributed by atoms with Crippen LogP contribution in [-0.2, 0) is 17.6 Å². The number of hydrogen-bond acceptors (Lipinski definition) is 6. The van der Waals surface area contributed by atoms with Crippen LogP contribution in [0.15, 0.2) is 60.2 Å². The first kappa shape index (κ1) is 22.6. The van der Waals surface area contributed by atoms with Crippen LogP contribution in [0, 0.1) is 6.92 Å². The second-order valence-electron chi connectivity index (χ2n) is 7.81. The number of benzene rings is 2. The molecular weight excluding hydrogens is 434 g/mol. The monoisotopic (exact) mass is 459 g/mol. The summed E-state index contributed by atoms with van der Waals surface area (Å²) in [5.41, 5.74) is 3.17. The van der Waals surface area contributed by atoms with Crippen LogP contribution in [0.4, 0.5) is 0 Å². The SMILES string of the molecule is CCCNC(=O)c1cc2c(Oc3ccc(CC(=O)Cc4nccs4)cc3)ccnc2cc1C. The zero-order chi connectivity index (χ0) is 23.2. The van der Waals surface area contributed by atoms with Gasteiger partial charge < -0.3 is 10.1 Å². The van der Waals surface area contributed by atoms with Gasteiger partial charge in [0.15, 0.2) is 0 Å². The number of Topliss-reactive ketones (excluding diaryl/α,β-unsaturated/α-hetero) is 1. The molecule has 2 aromatic heterocycles. The van der Waals surface area contributed by atoms with Crippen molar-refractivity contribution in [2.45, 2.75) is 33.1 Å². The Hall–Kier alpha value is -3.58. The molecule has 168 valence electrons. The zero-order valence-corrected chi connectivity index (χ0v) is 19.4. The van der Waals surface area contributed by atoms with Crippen molar-refractivity contribution in [3.05, 3.63) is 81.9 Å². The van der Waals surface area contributed by atoms with Crippen molar-refractivity contribution < 1.29 is 14.3 Å². The zero-order valence-electron chi connectivity index (χ0n) is 18.6. The van der Waals surface area contributed by atoms with Gasteiger partial charge in [0.05, 0.1) is 16.9 Å². The lowest BCUT2D eigenvalue weighted by atomic mass is 10.0. The number of rotatable bonds is 9. The maximum Gasteiger partial charge on any atom is 0.251 e. The van der Waals surface area contributed by atoms with Gasteiger partial charge in [0, 0.05) is 41.7 Å². The highest BCUT2D eigenvalue weighted by Crippen LogP contribution is 2.31. The molecule has 0 bridgehead atoms. The Balaban J connectivity index is 1.51. The Morgan fingerprint density at radius 3 is 2.58 bits per heavy atom. The molecule has 0 saturated heterocycles. The van der Waals surface area contributed by atoms with E-state index in [0.29, 0.717) is 36.4 Å². The molecule has 4 aromatic rings. The largest absolute Gasteiger partial charge is 0.457 e. The second kappa shape index (κ2) is 10.4. The Morgan fingerprint density at radius 1 is 1.03 bits per heavy atom. The van der Waals surface area contributed by atoms with Crippen molar-refractivity contribution in [3.8, 4) is 11.5 Å². The predicted molar refractivity (Wildman–Crippen MR) is 130 cm³/mol. The molecule has 0 aliphatic heterocycles. The second-order valence-corrected chi connectivity index (χ2v) is 8.79. The maximum atomic E-state index is 12.6. The number of ketones is 1. The summed E-state index contributed by atoms with van der Waals surface area (Å²) < 4.78 is 6.13. The molecule has 0 saturated carbocycles. The number of ether oxygens (including phenoxy) is 1. The maximum absolute atomic E-state index is 12.6. The molecule has 0 fully saturated rings. The molecule has 33 heavy (non-hydrogen) atoms. The number of hydrogen-bond donors (Lipinski definition) is 1. The van der Waals surface area contributed by atoms with Crippen molar-refractivity contribution in [1.82, 2.24) is 15.3 Å². The number of carbonyl (C=O) groups is 2. The van der Waals surface area contributed by atoms with Crippen molar-refractivity contribution in [2.24, 2.45) is 0 Å². The van der Waals surface area contributed by atoms with Crippen LogP contribution in [-0.4, -0.2) is 28.2 Å². The summed E-state index contributed by atoms with van der Waals surface area (Å²) in [6.45, 7) is 4.56. The van der Waals surface area contributed by atoms with Crippen LogP contribution < -0.4 is 10.1 Å². The number of nitrogens with zero attached hydrogens (tertiary/aromatic N) is 2. The third-order valence-electron chi connectivity index (χ3n) is 5.21. The minimum Gasteiger partial charge on any atom is -0.457 e. The van der Waals surface area contributed by atoms with Gasteiger partial charge in [-0.15, -0.1) is 11.3 Å². The highest BCUT2D eigenvalue weighted by Gasteiger charge is 2.14. The van der Waals surface area contributed by atoms with Crippen LogP contribution in [0.1, 0.15) is 39.8 Å². The Bertz CT molecular complexity index is 1270. The number of pyridine rings is 1. The van der Waals surface area contributed by atoms with Gasteiger partial charge in [-0.3, -0.25) is 14.6 Å². The Kier molecular flexibility index (Phi) is 7.10. The van der Waals surface area contributed by atoms with Crippen molar-refractivity contribution >= 4 is 33.9 Å². The molecule has 4 rings (SSSR count). The van der Waals surface area contributed by atoms with Crippen molar-refractivity contribution in [3.63, 3.8) is 0 Å².